The van der Waals surface area contributed by atoms with Crippen molar-refractivity contribution in [3.05, 3.63) is 11.7 Å². The van der Waals surface area contributed by atoms with E-state index < -0.39 is 16.0 Å². The van der Waals surface area contributed by atoms with Crippen molar-refractivity contribution in [3.8, 4) is 0 Å². The van der Waals surface area contributed by atoms with E-state index in [1.165, 1.54) is 0 Å². The number of rotatable bonds is 5. The second kappa shape index (κ2) is 5.45. The van der Waals surface area contributed by atoms with Gasteiger partial charge in [-0.15, -0.1) is 0 Å². The highest BCUT2D eigenvalue weighted by Crippen LogP contribution is 2.34. The highest BCUT2D eigenvalue weighted by Gasteiger charge is 2.32. The third-order valence-electron chi connectivity index (χ3n) is 1.65. The molecule has 0 unspecified atom stereocenters. The largest absolute Gasteiger partial charge is 0.503 e. The van der Waals surface area contributed by atoms with Crippen molar-refractivity contribution in [1.29, 1.82) is 0 Å². The lowest BCUT2D eigenvalue weighted by molar-refractivity contribution is 0.151. The molecule has 13 heavy (non-hydrogen) atoms. The Morgan fingerprint density at radius 2 is 1.69 bits per heavy atom. The van der Waals surface area contributed by atoms with Gasteiger partial charge in [0, 0.05) is 0 Å². The standard InChI is InChI=1S/C8H14Cl2O3/c1-2-3-4-5-8(9,10)6(11)7(12)13/h11-13H,2-5H2,1H3. The molecule has 0 aromatic heterocycles. The third-order valence-corrected chi connectivity index (χ3v) is 2.39. The monoisotopic (exact) mass is 228 g/mol. The third kappa shape index (κ3) is 4.48. The van der Waals surface area contributed by atoms with Crippen molar-refractivity contribution in [2.45, 2.75) is 36.9 Å². The number of unbranched alkanes of at least 4 members (excludes halogenated alkanes) is 2. The maximum absolute atomic E-state index is 9.07. The average Bonchev–Trinajstić information content (AvgIpc) is 2.03. The molecule has 0 heterocycles. The molecule has 0 saturated carbocycles. The van der Waals surface area contributed by atoms with Gasteiger partial charge < -0.3 is 15.3 Å². The Balaban J connectivity index is 4.15. The zero-order valence-corrected chi connectivity index (χ0v) is 8.94. The maximum Gasteiger partial charge on any atom is 0.317 e. The van der Waals surface area contributed by atoms with E-state index in [1.807, 2.05) is 6.92 Å². The molecule has 0 fully saturated rings. The SMILES string of the molecule is CCCCCC(Cl)(Cl)C(O)=C(O)O. The smallest absolute Gasteiger partial charge is 0.317 e. The Hall–Kier alpha value is -0.280. The fraction of sp³-hybridized carbons (Fsp3) is 0.750. The second-order valence-electron chi connectivity index (χ2n) is 2.83. The Kier molecular flexibility index (Phi) is 5.33. The van der Waals surface area contributed by atoms with Gasteiger partial charge in [-0.25, -0.2) is 0 Å². The first kappa shape index (κ1) is 12.7. The predicted molar refractivity (Wildman–Crippen MR) is 53.5 cm³/mol. The number of alkyl halides is 2. The van der Waals surface area contributed by atoms with Crippen LogP contribution in [0.1, 0.15) is 32.6 Å². The number of aliphatic hydroxyl groups is 3. The molecular weight excluding hydrogens is 215 g/mol. The maximum atomic E-state index is 9.07. The first-order valence-electron chi connectivity index (χ1n) is 4.11. The lowest BCUT2D eigenvalue weighted by Crippen LogP contribution is -2.18. The van der Waals surface area contributed by atoms with Crippen molar-refractivity contribution in [2.24, 2.45) is 0 Å². The fourth-order valence-electron chi connectivity index (χ4n) is 0.879. The summed E-state index contributed by atoms with van der Waals surface area (Å²) < 4.78 is -1.59. The fourth-order valence-corrected chi connectivity index (χ4v) is 1.32. The first-order chi connectivity index (χ1) is 5.91. The summed E-state index contributed by atoms with van der Waals surface area (Å²) in [6.07, 6.45) is 2.95. The van der Waals surface area contributed by atoms with Gasteiger partial charge in [0.15, 0.2) is 4.33 Å². The molecule has 0 rings (SSSR count). The lowest BCUT2D eigenvalue weighted by atomic mass is 10.1. The quantitative estimate of drug-likeness (QED) is 0.383. The van der Waals surface area contributed by atoms with Crippen molar-refractivity contribution in [2.75, 3.05) is 0 Å². The first-order valence-corrected chi connectivity index (χ1v) is 4.87. The molecule has 0 spiro atoms. The van der Waals surface area contributed by atoms with Gasteiger partial charge in [0.05, 0.1) is 0 Å². The molecule has 5 heteroatoms. The van der Waals surface area contributed by atoms with Crippen molar-refractivity contribution >= 4 is 23.2 Å². The number of halogens is 2. The van der Waals surface area contributed by atoms with E-state index in [-0.39, 0.29) is 0 Å². The predicted octanol–water partition coefficient (Wildman–Crippen LogP) is 3.58. The van der Waals surface area contributed by atoms with Crippen LogP contribution in [0, 0.1) is 0 Å². The van der Waals surface area contributed by atoms with Crippen molar-refractivity contribution in [3.63, 3.8) is 0 Å². The normalized spacial score (nSPS) is 11.3. The van der Waals surface area contributed by atoms with E-state index in [1.54, 1.807) is 0 Å². The molecule has 3 N–H and O–H groups in total. The topological polar surface area (TPSA) is 60.7 Å². The summed E-state index contributed by atoms with van der Waals surface area (Å²) >= 11 is 11.3. The number of aliphatic hydroxyl groups excluding tert-OH is 2. The van der Waals surface area contributed by atoms with E-state index in [0.29, 0.717) is 6.42 Å². The number of hydrogen-bond donors (Lipinski definition) is 3. The average molecular weight is 229 g/mol. The molecule has 0 bridgehead atoms. The van der Waals surface area contributed by atoms with Gasteiger partial charge in [0.25, 0.3) is 0 Å². The van der Waals surface area contributed by atoms with Crippen LogP contribution in [-0.4, -0.2) is 19.7 Å². The highest BCUT2D eigenvalue weighted by molar-refractivity contribution is 6.50. The molecule has 0 aliphatic rings. The van der Waals surface area contributed by atoms with Crippen LogP contribution in [0.5, 0.6) is 0 Å². The van der Waals surface area contributed by atoms with E-state index >= 15 is 0 Å². The van der Waals surface area contributed by atoms with Crippen LogP contribution >= 0.6 is 23.2 Å². The minimum atomic E-state index is -1.59. The van der Waals surface area contributed by atoms with Crippen LogP contribution in [0.3, 0.4) is 0 Å². The van der Waals surface area contributed by atoms with Gasteiger partial charge >= 0.3 is 5.95 Å². The van der Waals surface area contributed by atoms with E-state index in [9.17, 15) is 0 Å². The van der Waals surface area contributed by atoms with E-state index in [2.05, 4.69) is 0 Å². The van der Waals surface area contributed by atoms with Gasteiger partial charge in [-0.05, 0) is 12.8 Å². The lowest BCUT2D eigenvalue weighted by Gasteiger charge is -2.17. The molecule has 0 radical (unpaired) electrons. The highest BCUT2D eigenvalue weighted by atomic mass is 35.5. The minimum absolute atomic E-state index is 0.292. The zero-order chi connectivity index (χ0) is 10.5. The van der Waals surface area contributed by atoms with Crippen molar-refractivity contribution < 1.29 is 15.3 Å². The van der Waals surface area contributed by atoms with Crippen molar-refractivity contribution in [1.82, 2.24) is 0 Å². The molecular formula is C8H14Cl2O3. The van der Waals surface area contributed by atoms with Crippen LogP contribution in [0.25, 0.3) is 0 Å². The van der Waals surface area contributed by atoms with Crippen LogP contribution in [0.15, 0.2) is 11.7 Å². The molecule has 0 aliphatic carbocycles. The molecule has 0 aromatic carbocycles. The summed E-state index contributed by atoms with van der Waals surface area (Å²) in [5, 5.41) is 26.1. The van der Waals surface area contributed by atoms with Crippen LogP contribution < -0.4 is 0 Å². The molecule has 0 aliphatic heterocycles. The van der Waals surface area contributed by atoms with Gasteiger partial charge in [-0.1, -0.05) is 43.0 Å². The number of allylic oxidation sites excluding steroid dienone is 1. The summed E-state index contributed by atoms with van der Waals surface area (Å²) in [5.41, 5.74) is 0. The van der Waals surface area contributed by atoms with E-state index in [4.69, 9.17) is 38.5 Å². The summed E-state index contributed by atoms with van der Waals surface area (Å²) in [6, 6.07) is 0. The number of hydrogen-bond acceptors (Lipinski definition) is 3. The minimum Gasteiger partial charge on any atom is -0.503 e. The van der Waals surface area contributed by atoms with Crippen LogP contribution in [0.2, 0.25) is 0 Å². The van der Waals surface area contributed by atoms with Gasteiger partial charge in [0.1, 0.15) is 0 Å². The van der Waals surface area contributed by atoms with Crippen LogP contribution in [0.4, 0.5) is 0 Å². The Labute approximate surface area is 87.6 Å². The molecule has 0 atom stereocenters. The molecule has 0 saturated heterocycles. The Morgan fingerprint density at radius 3 is 2.08 bits per heavy atom. The van der Waals surface area contributed by atoms with Gasteiger partial charge in [0.2, 0.25) is 5.76 Å². The summed E-state index contributed by atoms with van der Waals surface area (Å²) in [5.74, 6) is -2.01. The summed E-state index contributed by atoms with van der Waals surface area (Å²) in [4.78, 5) is 0. The second-order valence-corrected chi connectivity index (χ2v) is 4.32. The Morgan fingerprint density at radius 1 is 1.15 bits per heavy atom. The van der Waals surface area contributed by atoms with E-state index in [0.717, 1.165) is 19.3 Å². The summed E-state index contributed by atoms with van der Waals surface area (Å²) in [7, 11) is 0. The summed E-state index contributed by atoms with van der Waals surface area (Å²) in [6.45, 7) is 2.02. The molecule has 0 aromatic rings. The Bertz CT molecular complexity index is 186. The van der Waals surface area contributed by atoms with Crippen LogP contribution in [-0.2, 0) is 0 Å². The molecule has 78 valence electrons. The molecule has 0 amide bonds. The molecule has 3 nitrogen and oxygen atoms in total. The van der Waals surface area contributed by atoms with Gasteiger partial charge in [-0.2, -0.15) is 0 Å². The van der Waals surface area contributed by atoms with Gasteiger partial charge in [-0.3, -0.25) is 0 Å². The zero-order valence-electron chi connectivity index (χ0n) is 7.43.